The maximum Gasteiger partial charge on any atom is 0.0602 e. The van der Waals surface area contributed by atoms with Crippen LogP contribution in [-0.4, -0.2) is 11.2 Å². The van der Waals surface area contributed by atoms with Gasteiger partial charge >= 0.3 is 0 Å². The highest BCUT2D eigenvalue weighted by Crippen LogP contribution is 2.63. The molecule has 0 amide bonds. The largest absolute Gasteiger partial charge is 0.393 e. The van der Waals surface area contributed by atoms with Gasteiger partial charge in [0, 0.05) is 0 Å². The molecule has 27 heavy (non-hydrogen) atoms. The first-order valence-electron chi connectivity index (χ1n) is 13.0. The standard InChI is InChI=1S/C26H42O/c27-26-22-12-6-3-9-19(22)24-15-16(13-14-23(24)26)25-20-10-4-1-7-17(20)18-8-2-5-11-21(18)25/h16-27H,1-15H2. The lowest BCUT2D eigenvalue weighted by molar-refractivity contribution is 0.0322. The Kier molecular flexibility index (Phi) is 4.63. The van der Waals surface area contributed by atoms with Gasteiger partial charge in [-0.05, 0) is 117 Å². The summed E-state index contributed by atoms with van der Waals surface area (Å²) in [7, 11) is 0. The minimum atomic E-state index is 0.0645. The first-order chi connectivity index (χ1) is 13.3. The van der Waals surface area contributed by atoms with Crippen molar-refractivity contribution in [1.82, 2.24) is 0 Å². The summed E-state index contributed by atoms with van der Waals surface area (Å²) < 4.78 is 0. The Labute approximate surface area is 167 Å². The first kappa shape index (κ1) is 17.8. The maximum absolute atomic E-state index is 11.0. The second kappa shape index (κ2) is 7.03. The summed E-state index contributed by atoms with van der Waals surface area (Å²) in [6.45, 7) is 0. The number of fused-ring (bicyclic) bond motifs is 6. The molecule has 0 aromatic rings. The summed E-state index contributed by atoms with van der Waals surface area (Å²) in [5.41, 5.74) is 0. The lowest BCUT2D eigenvalue weighted by atomic mass is 9.62. The van der Waals surface area contributed by atoms with Crippen LogP contribution in [0.15, 0.2) is 0 Å². The van der Waals surface area contributed by atoms with Gasteiger partial charge in [0.25, 0.3) is 0 Å². The number of aliphatic hydroxyl groups is 1. The van der Waals surface area contributed by atoms with Crippen LogP contribution in [0.2, 0.25) is 0 Å². The molecular weight excluding hydrogens is 328 g/mol. The Hall–Kier alpha value is -0.0400. The van der Waals surface area contributed by atoms with E-state index in [0.717, 1.165) is 47.3 Å². The second-order valence-electron chi connectivity index (χ2n) is 11.8. The second-order valence-corrected chi connectivity index (χ2v) is 11.8. The lowest BCUT2D eigenvalue weighted by Gasteiger charge is -2.43. The molecule has 1 nitrogen and oxygen atoms in total. The van der Waals surface area contributed by atoms with E-state index < -0.39 is 0 Å². The van der Waals surface area contributed by atoms with Crippen LogP contribution in [0.1, 0.15) is 96.3 Å². The Morgan fingerprint density at radius 2 is 0.852 bits per heavy atom. The molecular formula is C26H42O. The van der Waals surface area contributed by atoms with Crippen LogP contribution in [0.5, 0.6) is 0 Å². The van der Waals surface area contributed by atoms with Gasteiger partial charge in [-0.25, -0.2) is 0 Å². The fourth-order valence-electron chi connectivity index (χ4n) is 10.4. The molecule has 6 saturated carbocycles. The van der Waals surface area contributed by atoms with E-state index in [2.05, 4.69) is 0 Å². The molecule has 6 aliphatic rings. The Morgan fingerprint density at radius 3 is 1.44 bits per heavy atom. The van der Waals surface area contributed by atoms with E-state index in [1.165, 1.54) is 70.6 Å². The minimum absolute atomic E-state index is 0.0645. The maximum atomic E-state index is 11.0. The van der Waals surface area contributed by atoms with Crippen LogP contribution >= 0.6 is 0 Å². The van der Waals surface area contributed by atoms with Crippen LogP contribution in [0.4, 0.5) is 0 Å². The van der Waals surface area contributed by atoms with Gasteiger partial charge in [-0.15, -0.1) is 0 Å². The van der Waals surface area contributed by atoms with E-state index in [-0.39, 0.29) is 6.10 Å². The molecule has 0 radical (unpaired) electrons. The van der Waals surface area contributed by atoms with Crippen molar-refractivity contribution in [2.24, 2.45) is 59.2 Å². The Balaban J connectivity index is 1.25. The highest BCUT2D eigenvalue weighted by molar-refractivity contribution is 5.06. The summed E-state index contributed by atoms with van der Waals surface area (Å²) in [5, 5.41) is 11.0. The third-order valence-corrected chi connectivity index (χ3v) is 11.1. The summed E-state index contributed by atoms with van der Waals surface area (Å²) in [6, 6.07) is 0. The zero-order valence-corrected chi connectivity index (χ0v) is 17.4. The van der Waals surface area contributed by atoms with Crippen molar-refractivity contribution >= 4 is 0 Å². The molecule has 0 aromatic carbocycles. The smallest absolute Gasteiger partial charge is 0.0602 e. The van der Waals surface area contributed by atoms with Crippen molar-refractivity contribution in [3.05, 3.63) is 0 Å². The van der Waals surface area contributed by atoms with Crippen molar-refractivity contribution < 1.29 is 5.11 Å². The third kappa shape index (κ3) is 2.72. The molecule has 10 unspecified atom stereocenters. The SMILES string of the molecule is OC1C2CCCCC2C2CC(C3C4CCCCC4C4CCCCC43)CCC12. The Morgan fingerprint density at radius 1 is 0.407 bits per heavy atom. The molecule has 0 saturated heterocycles. The molecule has 6 aliphatic carbocycles. The third-order valence-electron chi connectivity index (χ3n) is 11.1. The zero-order valence-electron chi connectivity index (χ0n) is 17.4. The molecule has 1 heteroatoms. The normalized spacial score (nSPS) is 57.4. The number of hydrogen-bond donors (Lipinski definition) is 1. The van der Waals surface area contributed by atoms with E-state index in [1.54, 1.807) is 25.7 Å². The summed E-state index contributed by atoms with van der Waals surface area (Å²) in [4.78, 5) is 0. The fraction of sp³-hybridized carbons (Fsp3) is 1.00. The van der Waals surface area contributed by atoms with E-state index in [9.17, 15) is 5.11 Å². The summed E-state index contributed by atoms with van der Waals surface area (Å²) in [6.07, 6.45) is 22.4. The quantitative estimate of drug-likeness (QED) is 0.563. The van der Waals surface area contributed by atoms with Gasteiger partial charge in [-0.2, -0.15) is 0 Å². The first-order valence-corrected chi connectivity index (χ1v) is 13.0. The predicted molar refractivity (Wildman–Crippen MR) is 110 cm³/mol. The number of aliphatic hydroxyl groups excluding tert-OH is 1. The van der Waals surface area contributed by atoms with E-state index in [0.29, 0.717) is 11.8 Å². The lowest BCUT2D eigenvalue weighted by Crippen LogP contribution is -2.36. The zero-order chi connectivity index (χ0) is 18.0. The monoisotopic (exact) mass is 370 g/mol. The van der Waals surface area contributed by atoms with Crippen LogP contribution in [-0.2, 0) is 0 Å². The molecule has 6 rings (SSSR count). The van der Waals surface area contributed by atoms with Gasteiger partial charge in [-0.1, -0.05) is 38.5 Å². The molecule has 0 heterocycles. The van der Waals surface area contributed by atoms with Gasteiger partial charge in [0.05, 0.1) is 6.10 Å². The molecule has 0 spiro atoms. The topological polar surface area (TPSA) is 20.2 Å². The summed E-state index contributed by atoms with van der Waals surface area (Å²) in [5.74, 6) is 9.69. The molecule has 0 aliphatic heterocycles. The van der Waals surface area contributed by atoms with Gasteiger partial charge in [0.1, 0.15) is 0 Å². The predicted octanol–water partition coefficient (Wildman–Crippen LogP) is 6.44. The molecule has 0 aromatic heterocycles. The van der Waals surface area contributed by atoms with Crippen molar-refractivity contribution in [2.75, 3.05) is 0 Å². The number of hydrogen-bond acceptors (Lipinski definition) is 1. The van der Waals surface area contributed by atoms with Gasteiger partial charge in [-0.3, -0.25) is 0 Å². The van der Waals surface area contributed by atoms with Crippen LogP contribution in [0, 0.1) is 59.2 Å². The van der Waals surface area contributed by atoms with Gasteiger partial charge < -0.3 is 5.11 Å². The van der Waals surface area contributed by atoms with Crippen LogP contribution < -0.4 is 0 Å². The fourth-order valence-corrected chi connectivity index (χ4v) is 10.4. The average molecular weight is 371 g/mol. The minimum Gasteiger partial charge on any atom is -0.393 e. The summed E-state index contributed by atoms with van der Waals surface area (Å²) >= 11 is 0. The van der Waals surface area contributed by atoms with Crippen molar-refractivity contribution in [3.8, 4) is 0 Å². The van der Waals surface area contributed by atoms with E-state index >= 15 is 0 Å². The van der Waals surface area contributed by atoms with Crippen LogP contribution in [0.3, 0.4) is 0 Å². The molecule has 10 atom stereocenters. The number of rotatable bonds is 1. The molecule has 1 N–H and O–H groups in total. The molecule has 152 valence electrons. The highest BCUT2D eigenvalue weighted by atomic mass is 16.3. The van der Waals surface area contributed by atoms with Crippen molar-refractivity contribution in [3.63, 3.8) is 0 Å². The van der Waals surface area contributed by atoms with Crippen molar-refractivity contribution in [1.29, 1.82) is 0 Å². The highest BCUT2D eigenvalue weighted by Gasteiger charge is 2.57. The Bertz CT molecular complexity index is 520. The van der Waals surface area contributed by atoms with Crippen LogP contribution in [0.25, 0.3) is 0 Å². The van der Waals surface area contributed by atoms with Gasteiger partial charge in [0.15, 0.2) is 0 Å². The van der Waals surface area contributed by atoms with E-state index in [4.69, 9.17) is 0 Å². The molecule has 0 bridgehead atoms. The van der Waals surface area contributed by atoms with E-state index in [1.807, 2.05) is 0 Å². The molecule has 6 fully saturated rings. The average Bonchev–Trinajstić information content (AvgIpc) is 3.21. The van der Waals surface area contributed by atoms with Gasteiger partial charge in [0.2, 0.25) is 0 Å². The van der Waals surface area contributed by atoms with Crippen molar-refractivity contribution in [2.45, 2.75) is 102 Å².